The number of nitrogens with one attached hydrogen (secondary N) is 1. The first-order chi connectivity index (χ1) is 16.8. The van der Waals surface area contributed by atoms with Crippen LogP contribution in [0, 0.1) is 6.92 Å². The van der Waals surface area contributed by atoms with Gasteiger partial charge in [0.2, 0.25) is 10.0 Å². The number of rotatable bonds is 8. The van der Waals surface area contributed by atoms with Crippen LogP contribution in [0.1, 0.15) is 29.5 Å². The fourth-order valence-corrected chi connectivity index (χ4v) is 5.68. The molecule has 3 aromatic rings. The highest BCUT2D eigenvalue weighted by molar-refractivity contribution is 7.89. The van der Waals surface area contributed by atoms with E-state index in [2.05, 4.69) is 16.6 Å². The largest absolute Gasteiger partial charge is 0.489 e. The van der Waals surface area contributed by atoms with Crippen molar-refractivity contribution in [2.75, 3.05) is 6.54 Å². The predicted octanol–water partition coefficient (Wildman–Crippen LogP) is 4.53. The van der Waals surface area contributed by atoms with E-state index in [0.717, 1.165) is 16.9 Å². The van der Waals surface area contributed by atoms with Gasteiger partial charge < -0.3 is 4.74 Å². The van der Waals surface area contributed by atoms with Gasteiger partial charge >= 0.3 is 0 Å². The summed E-state index contributed by atoms with van der Waals surface area (Å²) >= 11 is 5.87. The van der Waals surface area contributed by atoms with Gasteiger partial charge in [-0.15, -0.1) is 0 Å². The zero-order valence-corrected chi connectivity index (χ0v) is 20.8. The molecule has 1 heterocycles. The molecule has 9 heteroatoms. The van der Waals surface area contributed by atoms with Gasteiger partial charge in [-0.1, -0.05) is 41.4 Å². The summed E-state index contributed by atoms with van der Waals surface area (Å²) in [7, 11) is -3.81. The molecule has 3 aromatic carbocycles. The number of benzene rings is 3. The zero-order chi connectivity index (χ0) is 24.8. The van der Waals surface area contributed by atoms with Gasteiger partial charge in [-0.25, -0.2) is 13.8 Å². The number of sulfonamides is 1. The first kappa shape index (κ1) is 24.9. The average Bonchev–Trinajstić information content (AvgIpc) is 3.35. The third kappa shape index (κ3) is 6.28. The van der Waals surface area contributed by atoms with Crippen molar-refractivity contribution in [2.45, 2.75) is 37.3 Å². The first-order valence-electron chi connectivity index (χ1n) is 11.2. The van der Waals surface area contributed by atoms with E-state index in [4.69, 9.17) is 16.3 Å². The van der Waals surface area contributed by atoms with Crippen molar-refractivity contribution in [3.63, 3.8) is 0 Å². The third-order valence-corrected chi connectivity index (χ3v) is 7.86. The highest BCUT2D eigenvalue weighted by Crippen LogP contribution is 2.27. The van der Waals surface area contributed by atoms with Gasteiger partial charge in [0.1, 0.15) is 18.4 Å². The molecule has 182 valence electrons. The molecular weight excluding hydrogens is 486 g/mol. The van der Waals surface area contributed by atoms with Gasteiger partial charge in [0.15, 0.2) is 0 Å². The smallest absolute Gasteiger partial charge is 0.258 e. The molecule has 35 heavy (non-hydrogen) atoms. The van der Waals surface area contributed by atoms with Crippen LogP contribution in [0.3, 0.4) is 0 Å². The number of nitrogens with zero attached hydrogens (tertiary/aromatic N) is 2. The molecule has 4 rings (SSSR count). The number of hydrazone groups is 1. The van der Waals surface area contributed by atoms with Crippen LogP contribution in [0.4, 0.5) is 0 Å². The van der Waals surface area contributed by atoms with Gasteiger partial charge in [-0.2, -0.15) is 9.41 Å². The Kier molecular flexibility index (Phi) is 7.85. The van der Waals surface area contributed by atoms with E-state index in [0.29, 0.717) is 24.5 Å². The van der Waals surface area contributed by atoms with Crippen LogP contribution in [0.5, 0.6) is 5.75 Å². The minimum absolute atomic E-state index is 0.106. The molecule has 7 nitrogen and oxygen atoms in total. The second kappa shape index (κ2) is 11.0. The van der Waals surface area contributed by atoms with Crippen LogP contribution < -0.4 is 10.2 Å². The summed E-state index contributed by atoms with van der Waals surface area (Å²) in [6.07, 6.45) is 2.54. The molecule has 0 saturated carbocycles. The van der Waals surface area contributed by atoms with Crippen molar-refractivity contribution in [3.8, 4) is 5.75 Å². The summed E-state index contributed by atoms with van der Waals surface area (Å²) in [6.45, 7) is 2.79. The second-order valence-corrected chi connectivity index (χ2v) is 10.6. The zero-order valence-electron chi connectivity index (χ0n) is 19.2. The van der Waals surface area contributed by atoms with Crippen LogP contribution in [-0.2, 0) is 21.4 Å². The van der Waals surface area contributed by atoms with Gasteiger partial charge in [0.25, 0.3) is 5.91 Å². The lowest BCUT2D eigenvalue weighted by atomic mass is 10.1. The summed E-state index contributed by atoms with van der Waals surface area (Å²) in [6, 6.07) is 20.6. The second-order valence-electron chi connectivity index (χ2n) is 8.31. The fourth-order valence-electron chi connectivity index (χ4n) is 3.90. The number of aryl methyl sites for hydroxylation is 1. The van der Waals surface area contributed by atoms with Crippen LogP contribution in [0.15, 0.2) is 82.8 Å². The molecule has 1 amide bonds. The van der Waals surface area contributed by atoms with Crippen LogP contribution >= 0.6 is 11.6 Å². The molecule has 0 aromatic heterocycles. The Morgan fingerprint density at radius 2 is 1.89 bits per heavy atom. The van der Waals surface area contributed by atoms with Gasteiger partial charge in [0.05, 0.1) is 11.1 Å². The summed E-state index contributed by atoms with van der Waals surface area (Å²) in [5.74, 6) is 0.260. The normalized spacial score (nSPS) is 16.5. The van der Waals surface area contributed by atoms with E-state index in [1.54, 1.807) is 0 Å². The van der Waals surface area contributed by atoms with Crippen LogP contribution in [0.25, 0.3) is 0 Å². The number of amides is 1. The number of carbonyl (C=O) groups excluding carboxylic acids is 1. The summed E-state index contributed by atoms with van der Waals surface area (Å²) in [4.78, 5) is 12.8. The number of carbonyl (C=O) groups is 1. The van der Waals surface area contributed by atoms with Gasteiger partial charge in [-0.05, 0) is 79.4 Å². The Hall–Kier alpha value is -3.20. The predicted molar refractivity (Wildman–Crippen MR) is 136 cm³/mol. The van der Waals surface area contributed by atoms with E-state index in [-0.39, 0.29) is 11.4 Å². The van der Waals surface area contributed by atoms with Crippen LogP contribution in [-0.4, -0.2) is 37.4 Å². The van der Waals surface area contributed by atoms with Crippen molar-refractivity contribution in [2.24, 2.45) is 5.10 Å². The highest BCUT2D eigenvalue weighted by Gasteiger charge is 2.39. The van der Waals surface area contributed by atoms with E-state index in [1.165, 1.54) is 40.3 Å². The van der Waals surface area contributed by atoms with Gasteiger partial charge in [0, 0.05) is 11.6 Å². The lowest BCUT2D eigenvalue weighted by Crippen LogP contribution is -2.44. The maximum absolute atomic E-state index is 13.0. The monoisotopic (exact) mass is 511 g/mol. The van der Waals surface area contributed by atoms with E-state index in [1.807, 2.05) is 49.4 Å². The van der Waals surface area contributed by atoms with Crippen molar-refractivity contribution < 1.29 is 17.9 Å². The SMILES string of the molecule is Cc1cccc(COc2ccc(/C=N\NC(=O)[C@@H]3CCCN3S(=O)(=O)c3ccc(Cl)cc3)cc2)c1. The van der Waals surface area contributed by atoms with Crippen molar-refractivity contribution in [1.29, 1.82) is 0 Å². The summed E-state index contributed by atoms with van der Waals surface area (Å²) < 4.78 is 33.0. The maximum atomic E-state index is 13.0. The number of halogens is 1. The Labute approximate surface area is 210 Å². The molecule has 1 atom stereocenters. The van der Waals surface area contributed by atoms with E-state index < -0.39 is 22.0 Å². The summed E-state index contributed by atoms with van der Waals surface area (Å²) in [5, 5.41) is 4.46. The van der Waals surface area contributed by atoms with Crippen molar-refractivity contribution >= 4 is 33.7 Å². The van der Waals surface area contributed by atoms with E-state index in [9.17, 15) is 13.2 Å². The third-order valence-electron chi connectivity index (χ3n) is 5.68. The fraction of sp³-hybridized carbons (Fsp3) is 0.231. The molecule has 0 bridgehead atoms. The number of ether oxygens (including phenoxy) is 1. The average molecular weight is 512 g/mol. The first-order valence-corrected chi connectivity index (χ1v) is 13.0. The molecule has 1 aliphatic heterocycles. The molecule has 1 fully saturated rings. The maximum Gasteiger partial charge on any atom is 0.258 e. The Morgan fingerprint density at radius 1 is 1.14 bits per heavy atom. The number of hydrogen-bond donors (Lipinski definition) is 1. The quantitative estimate of drug-likeness (QED) is 0.355. The Bertz CT molecular complexity index is 1310. The van der Waals surface area contributed by atoms with E-state index >= 15 is 0 Å². The van der Waals surface area contributed by atoms with Crippen molar-refractivity contribution in [3.05, 3.63) is 94.5 Å². The Balaban J connectivity index is 1.33. The minimum Gasteiger partial charge on any atom is -0.489 e. The Morgan fingerprint density at radius 3 is 2.60 bits per heavy atom. The molecule has 1 saturated heterocycles. The lowest BCUT2D eigenvalue weighted by molar-refractivity contribution is -0.124. The minimum atomic E-state index is -3.81. The molecule has 1 N–H and O–H groups in total. The molecular formula is C26H26ClN3O4S. The highest BCUT2D eigenvalue weighted by atomic mass is 35.5. The molecule has 0 radical (unpaired) electrons. The van der Waals surface area contributed by atoms with Gasteiger partial charge in [-0.3, -0.25) is 4.79 Å². The van der Waals surface area contributed by atoms with Crippen molar-refractivity contribution in [1.82, 2.24) is 9.73 Å². The summed E-state index contributed by atoms with van der Waals surface area (Å²) in [5.41, 5.74) is 5.52. The topological polar surface area (TPSA) is 88.1 Å². The molecule has 0 aliphatic carbocycles. The standard InChI is InChI=1S/C26H26ClN3O4S/c1-19-4-2-5-21(16-19)18-34-23-11-7-20(8-12-23)17-28-29-26(31)25-6-3-15-30(25)35(32,33)24-13-9-22(27)10-14-24/h2,4-5,7-14,16-17,25H,3,6,15,18H2,1H3,(H,29,31)/b28-17-/t25-/m0/s1. The molecule has 1 aliphatic rings. The number of hydrogen-bond acceptors (Lipinski definition) is 5. The molecule has 0 unspecified atom stereocenters. The van der Waals surface area contributed by atoms with Crippen LogP contribution in [0.2, 0.25) is 5.02 Å². The molecule has 0 spiro atoms. The lowest BCUT2D eigenvalue weighted by Gasteiger charge is -2.22.